The molecule has 0 aliphatic heterocycles. The van der Waals surface area contributed by atoms with Crippen LogP contribution < -0.4 is 0 Å². The predicted octanol–water partition coefficient (Wildman–Crippen LogP) is 3.45. The number of carbonyl (C=O) groups excluding carboxylic acids is 1. The van der Waals surface area contributed by atoms with Gasteiger partial charge >= 0.3 is 0 Å². The Kier molecular flexibility index (Phi) is 4.06. The first-order chi connectivity index (χ1) is 6.18. The molecule has 0 fully saturated rings. The lowest BCUT2D eigenvalue weighted by Gasteiger charge is -1.97. The molecular formula is C10H9ClOS. The Morgan fingerprint density at radius 2 is 2.00 bits per heavy atom. The number of thioether (sulfide) groups is 1. The Labute approximate surface area is 86.8 Å². The normalized spacial score (nSPS) is 11.4. The number of hydrogen-bond acceptors (Lipinski definition) is 2. The summed E-state index contributed by atoms with van der Waals surface area (Å²) in [6.45, 7) is 1.48. The van der Waals surface area contributed by atoms with Gasteiger partial charge in [-0.05, 0) is 19.1 Å². The van der Waals surface area contributed by atoms with Crippen molar-refractivity contribution in [1.29, 1.82) is 0 Å². The summed E-state index contributed by atoms with van der Waals surface area (Å²) in [5, 5.41) is 0. The van der Waals surface area contributed by atoms with E-state index >= 15 is 0 Å². The van der Waals surface area contributed by atoms with Crippen LogP contribution >= 0.6 is 23.4 Å². The summed E-state index contributed by atoms with van der Waals surface area (Å²) in [5.41, 5.74) is 0. The summed E-state index contributed by atoms with van der Waals surface area (Å²) in [6.07, 6.45) is 1.42. The van der Waals surface area contributed by atoms with E-state index < -0.39 is 0 Å². The highest BCUT2D eigenvalue weighted by atomic mass is 35.5. The Balaban J connectivity index is 2.65. The Hall–Kier alpha value is -0.730. The lowest BCUT2D eigenvalue weighted by atomic mass is 10.4. The van der Waals surface area contributed by atoms with Gasteiger partial charge in [-0.3, -0.25) is 4.79 Å². The highest BCUT2D eigenvalue weighted by molar-refractivity contribution is 8.04. The number of carbonyl (C=O) groups is 1. The van der Waals surface area contributed by atoms with Gasteiger partial charge in [0.15, 0.2) is 5.78 Å². The second-order valence-corrected chi connectivity index (χ2v) is 4.22. The van der Waals surface area contributed by atoms with Gasteiger partial charge in [0, 0.05) is 11.0 Å². The summed E-state index contributed by atoms with van der Waals surface area (Å²) in [6, 6.07) is 9.69. The molecule has 0 aromatic heterocycles. The first-order valence-corrected chi connectivity index (χ1v) is 4.98. The van der Waals surface area contributed by atoms with E-state index in [0.29, 0.717) is 4.36 Å². The van der Waals surface area contributed by atoms with Crippen molar-refractivity contribution in [3.8, 4) is 0 Å². The van der Waals surface area contributed by atoms with Crippen LogP contribution in [-0.2, 0) is 4.79 Å². The van der Waals surface area contributed by atoms with Crippen molar-refractivity contribution in [2.45, 2.75) is 11.8 Å². The SMILES string of the molecule is CC(=O)/C=C(\Cl)Sc1ccccc1. The van der Waals surface area contributed by atoms with Gasteiger partial charge in [-0.1, -0.05) is 41.6 Å². The van der Waals surface area contributed by atoms with E-state index in [4.69, 9.17) is 11.6 Å². The van der Waals surface area contributed by atoms with Gasteiger partial charge < -0.3 is 0 Å². The zero-order chi connectivity index (χ0) is 9.68. The molecular weight excluding hydrogens is 204 g/mol. The van der Waals surface area contributed by atoms with Gasteiger partial charge in [0.2, 0.25) is 0 Å². The lowest BCUT2D eigenvalue weighted by molar-refractivity contribution is -0.112. The minimum absolute atomic E-state index is 0.0339. The number of allylic oxidation sites excluding steroid dienone is 1. The Morgan fingerprint density at radius 3 is 2.54 bits per heavy atom. The topological polar surface area (TPSA) is 17.1 Å². The monoisotopic (exact) mass is 212 g/mol. The van der Waals surface area contributed by atoms with Gasteiger partial charge in [0.05, 0.1) is 4.36 Å². The maximum Gasteiger partial charge on any atom is 0.154 e. The van der Waals surface area contributed by atoms with Crippen molar-refractivity contribution in [2.75, 3.05) is 0 Å². The molecule has 1 aromatic carbocycles. The highest BCUT2D eigenvalue weighted by Gasteiger charge is 1.97. The number of halogens is 1. The number of benzene rings is 1. The van der Waals surface area contributed by atoms with Gasteiger partial charge in [0.1, 0.15) is 0 Å². The summed E-state index contributed by atoms with van der Waals surface area (Å²) < 4.78 is 0.499. The maximum atomic E-state index is 10.7. The molecule has 0 saturated carbocycles. The number of rotatable bonds is 3. The molecule has 0 spiro atoms. The smallest absolute Gasteiger partial charge is 0.154 e. The van der Waals surface area contributed by atoms with Gasteiger partial charge in [-0.2, -0.15) is 0 Å². The van der Waals surface area contributed by atoms with Crippen LogP contribution in [0.15, 0.2) is 45.7 Å². The van der Waals surface area contributed by atoms with Crippen molar-refractivity contribution in [3.63, 3.8) is 0 Å². The number of ketones is 1. The molecule has 0 N–H and O–H groups in total. The lowest BCUT2D eigenvalue weighted by Crippen LogP contribution is -1.80. The molecule has 0 radical (unpaired) electrons. The van der Waals surface area contributed by atoms with E-state index in [2.05, 4.69) is 0 Å². The second-order valence-electron chi connectivity index (χ2n) is 2.47. The molecule has 0 atom stereocenters. The minimum atomic E-state index is -0.0339. The van der Waals surface area contributed by atoms with Crippen LogP contribution in [-0.4, -0.2) is 5.78 Å². The fourth-order valence-corrected chi connectivity index (χ4v) is 1.95. The van der Waals surface area contributed by atoms with Crippen LogP contribution in [0.4, 0.5) is 0 Å². The molecule has 68 valence electrons. The average molecular weight is 213 g/mol. The number of hydrogen-bond donors (Lipinski definition) is 0. The fourth-order valence-electron chi connectivity index (χ4n) is 0.790. The molecule has 1 rings (SSSR count). The summed E-state index contributed by atoms with van der Waals surface area (Å²) in [5.74, 6) is -0.0339. The second kappa shape index (κ2) is 5.10. The van der Waals surface area contributed by atoms with Crippen LogP contribution in [0.3, 0.4) is 0 Å². The van der Waals surface area contributed by atoms with Crippen molar-refractivity contribution in [2.24, 2.45) is 0 Å². The summed E-state index contributed by atoms with van der Waals surface area (Å²) in [7, 11) is 0. The zero-order valence-corrected chi connectivity index (χ0v) is 8.73. The van der Waals surface area contributed by atoms with Crippen LogP contribution in [0.1, 0.15) is 6.92 Å². The molecule has 13 heavy (non-hydrogen) atoms. The van der Waals surface area contributed by atoms with E-state index in [1.807, 2.05) is 30.3 Å². The molecule has 0 aliphatic rings. The van der Waals surface area contributed by atoms with Crippen molar-refractivity contribution >= 4 is 29.1 Å². The fraction of sp³-hybridized carbons (Fsp3) is 0.100. The van der Waals surface area contributed by atoms with Gasteiger partial charge in [0.25, 0.3) is 0 Å². The first-order valence-electron chi connectivity index (χ1n) is 3.79. The highest BCUT2D eigenvalue weighted by Crippen LogP contribution is 2.28. The van der Waals surface area contributed by atoms with Crippen molar-refractivity contribution < 1.29 is 4.79 Å². The zero-order valence-electron chi connectivity index (χ0n) is 7.16. The van der Waals surface area contributed by atoms with E-state index in [-0.39, 0.29) is 5.78 Å². The van der Waals surface area contributed by atoms with Crippen LogP contribution in [0.2, 0.25) is 0 Å². The molecule has 0 heterocycles. The quantitative estimate of drug-likeness (QED) is 0.564. The minimum Gasteiger partial charge on any atom is -0.295 e. The Morgan fingerprint density at radius 1 is 1.38 bits per heavy atom. The molecule has 1 aromatic rings. The van der Waals surface area contributed by atoms with Crippen LogP contribution in [0, 0.1) is 0 Å². The van der Waals surface area contributed by atoms with E-state index in [1.165, 1.54) is 24.8 Å². The third kappa shape index (κ3) is 4.15. The van der Waals surface area contributed by atoms with E-state index in [0.717, 1.165) is 4.90 Å². The standard InChI is InChI=1S/C10H9ClOS/c1-8(12)7-10(11)13-9-5-3-2-4-6-9/h2-7H,1H3/b10-7+. The third-order valence-corrected chi connectivity index (χ3v) is 2.44. The summed E-state index contributed by atoms with van der Waals surface area (Å²) >= 11 is 7.19. The molecule has 0 saturated heterocycles. The largest absolute Gasteiger partial charge is 0.295 e. The summed E-state index contributed by atoms with van der Waals surface area (Å²) in [4.78, 5) is 11.7. The first kappa shape index (κ1) is 10.4. The van der Waals surface area contributed by atoms with E-state index in [1.54, 1.807) is 0 Å². The van der Waals surface area contributed by atoms with Gasteiger partial charge in [-0.25, -0.2) is 0 Å². The molecule has 3 heteroatoms. The third-order valence-electron chi connectivity index (χ3n) is 1.28. The molecule has 1 nitrogen and oxygen atoms in total. The van der Waals surface area contributed by atoms with Gasteiger partial charge in [-0.15, -0.1) is 0 Å². The Bertz CT molecular complexity index is 319. The predicted molar refractivity (Wildman–Crippen MR) is 56.9 cm³/mol. The van der Waals surface area contributed by atoms with Crippen LogP contribution in [0.5, 0.6) is 0 Å². The average Bonchev–Trinajstić information content (AvgIpc) is 2.04. The molecule has 0 aliphatic carbocycles. The molecule has 0 bridgehead atoms. The molecule has 0 unspecified atom stereocenters. The van der Waals surface area contributed by atoms with E-state index in [9.17, 15) is 4.79 Å². The van der Waals surface area contributed by atoms with Crippen LogP contribution in [0.25, 0.3) is 0 Å². The maximum absolute atomic E-state index is 10.7. The molecule has 0 amide bonds. The van der Waals surface area contributed by atoms with Crippen molar-refractivity contribution in [3.05, 3.63) is 40.8 Å². The van der Waals surface area contributed by atoms with Crippen molar-refractivity contribution in [1.82, 2.24) is 0 Å².